The van der Waals surface area contributed by atoms with Gasteiger partial charge in [0.1, 0.15) is 5.97 Å². The number of hydrogen-bond acceptors (Lipinski definition) is 5. The van der Waals surface area contributed by atoms with Crippen molar-refractivity contribution in [1.29, 1.82) is 0 Å². The van der Waals surface area contributed by atoms with Crippen molar-refractivity contribution in [2.45, 2.75) is 13.8 Å². The molecule has 0 heterocycles. The Balaban J connectivity index is -0.000000114. The zero-order valence-electron chi connectivity index (χ0n) is 6.25. The summed E-state index contributed by atoms with van der Waals surface area (Å²) >= 11 is 0. The number of carboxylic acids is 2. The maximum atomic E-state index is 9.48. The Hall–Kier alpha value is -0.130. The third-order valence-corrected chi connectivity index (χ3v) is 0.287. The minimum Gasteiger partial charge on any atom is -0.550 e. The predicted octanol–water partition coefficient (Wildman–Crippen LogP) is -3.30. The Labute approximate surface area is 93.4 Å². The van der Waals surface area contributed by atoms with Crippen LogP contribution in [0.15, 0.2) is 0 Å². The van der Waals surface area contributed by atoms with E-state index in [-0.39, 0.29) is 37.7 Å². The molecule has 0 aliphatic carbocycles. The number of ketones is 1. The minimum absolute atomic E-state index is 0. The zero-order chi connectivity index (χ0) is 8.73. The molecule has 6 heteroatoms. The molecular formula is C5H6CaO5. The number of Topliss-reactive ketones (excluding diaryl/α,β-unsaturated/α-hetero) is 1. The SMILES string of the molecule is CC(=O)C(=O)[O-].CC(=O)[O-].[Ca+2]. The average Bonchev–Trinajstić information content (AvgIpc) is 1.63. The number of hydrogen-bond donors (Lipinski definition) is 0. The van der Waals surface area contributed by atoms with Crippen molar-refractivity contribution >= 4 is 55.5 Å². The second-order valence-electron chi connectivity index (χ2n) is 1.34. The first-order valence-corrected chi connectivity index (χ1v) is 2.27. The van der Waals surface area contributed by atoms with Crippen molar-refractivity contribution in [3.8, 4) is 0 Å². The van der Waals surface area contributed by atoms with Crippen molar-refractivity contribution in [3.05, 3.63) is 0 Å². The molecule has 0 aromatic rings. The van der Waals surface area contributed by atoms with Gasteiger partial charge in [-0.2, -0.15) is 0 Å². The molecule has 0 saturated carbocycles. The second kappa shape index (κ2) is 9.87. The summed E-state index contributed by atoms with van der Waals surface area (Å²) < 4.78 is 0. The van der Waals surface area contributed by atoms with Crippen LogP contribution >= 0.6 is 0 Å². The number of aliphatic carboxylic acids is 2. The van der Waals surface area contributed by atoms with E-state index in [9.17, 15) is 14.7 Å². The summed E-state index contributed by atoms with van der Waals surface area (Å²) in [7, 11) is 0. The maximum absolute atomic E-state index is 9.48. The molecule has 11 heavy (non-hydrogen) atoms. The molecule has 0 radical (unpaired) electrons. The van der Waals surface area contributed by atoms with Gasteiger partial charge in [0, 0.05) is 12.9 Å². The summed E-state index contributed by atoms with van der Waals surface area (Å²) in [6.07, 6.45) is 0. The van der Waals surface area contributed by atoms with Crippen LogP contribution < -0.4 is 10.2 Å². The molecule has 0 atom stereocenters. The van der Waals surface area contributed by atoms with Crippen LogP contribution in [0.2, 0.25) is 0 Å². The second-order valence-corrected chi connectivity index (χ2v) is 1.34. The van der Waals surface area contributed by atoms with Crippen LogP contribution in [0.25, 0.3) is 0 Å². The first kappa shape index (κ1) is 17.1. The Morgan fingerprint density at radius 3 is 1.09 bits per heavy atom. The van der Waals surface area contributed by atoms with Gasteiger partial charge in [0.25, 0.3) is 0 Å². The van der Waals surface area contributed by atoms with E-state index in [1.165, 1.54) is 0 Å². The summed E-state index contributed by atoms with van der Waals surface area (Å²) in [6, 6.07) is 0. The first-order valence-electron chi connectivity index (χ1n) is 2.27. The molecule has 0 aromatic heterocycles. The van der Waals surface area contributed by atoms with Gasteiger partial charge < -0.3 is 19.8 Å². The average molecular weight is 186 g/mol. The van der Waals surface area contributed by atoms with Crippen LogP contribution in [-0.4, -0.2) is 55.5 Å². The van der Waals surface area contributed by atoms with Gasteiger partial charge in [-0.3, -0.25) is 4.79 Å². The quantitative estimate of drug-likeness (QED) is 0.315. The molecule has 58 valence electrons. The normalized spacial score (nSPS) is 6.36. The summed E-state index contributed by atoms with van der Waals surface area (Å²) in [5.41, 5.74) is 0. The summed E-state index contributed by atoms with van der Waals surface area (Å²) in [4.78, 5) is 27.6. The molecule has 0 N–H and O–H groups in total. The predicted molar refractivity (Wildman–Crippen MR) is 32.1 cm³/mol. The molecule has 0 unspecified atom stereocenters. The molecule has 0 rings (SSSR count). The van der Waals surface area contributed by atoms with E-state index < -0.39 is 17.7 Å². The Morgan fingerprint density at radius 2 is 1.09 bits per heavy atom. The van der Waals surface area contributed by atoms with Crippen molar-refractivity contribution in [2.75, 3.05) is 0 Å². The number of carbonyl (C=O) groups is 3. The summed E-state index contributed by atoms with van der Waals surface area (Å²) in [6.45, 7) is 1.91. The smallest absolute Gasteiger partial charge is 0.550 e. The molecule has 0 amide bonds. The third-order valence-electron chi connectivity index (χ3n) is 0.287. The minimum atomic E-state index is -1.63. The molecule has 0 aliphatic rings. The molecule has 5 nitrogen and oxygen atoms in total. The van der Waals surface area contributed by atoms with Gasteiger partial charge in [0.05, 0.1) is 0 Å². The first-order chi connectivity index (χ1) is 4.37. The fourth-order valence-corrected chi connectivity index (χ4v) is 0. The zero-order valence-corrected chi connectivity index (χ0v) is 8.46. The van der Waals surface area contributed by atoms with Crippen LogP contribution in [0.4, 0.5) is 0 Å². The van der Waals surface area contributed by atoms with Crippen molar-refractivity contribution in [3.63, 3.8) is 0 Å². The van der Waals surface area contributed by atoms with Gasteiger partial charge in [0.15, 0.2) is 5.78 Å². The van der Waals surface area contributed by atoms with E-state index in [0.29, 0.717) is 0 Å². The van der Waals surface area contributed by atoms with Crippen LogP contribution in [-0.2, 0) is 14.4 Å². The van der Waals surface area contributed by atoms with Gasteiger partial charge in [0.2, 0.25) is 0 Å². The van der Waals surface area contributed by atoms with Crippen LogP contribution in [0.3, 0.4) is 0 Å². The Kier molecular flexibility index (Phi) is 15.3. The number of carboxylic acid groups (broad SMARTS) is 2. The van der Waals surface area contributed by atoms with Crippen LogP contribution in [0.5, 0.6) is 0 Å². The maximum Gasteiger partial charge on any atom is 2.00 e. The van der Waals surface area contributed by atoms with E-state index in [0.717, 1.165) is 13.8 Å². The standard InChI is InChI=1S/C3H4O3.C2H4O2.Ca/c1-2(4)3(5)6;1-2(3)4;/h1H3,(H,5,6);1H3,(H,3,4);/q;;+2/p-2. The Bertz CT molecular complexity index is 137. The van der Waals surface area contributed by atoms with Gasteiger partial charge in [-0.25, -0.2) is 0 Å². The molecule has 0 saturated heterocycles. The monoisotopic (exact) mass is 186 g/mol. The van der Waals surface area contributed by atoms with E-state index in [1.807, 2.05) is 0 Å². The van der Waals surface area contributed by atoms with Gasteiger partial charge in [-0.05, 0) is 6.92 Å². The molecule has 0 aliphatic heterocycles. The van der Waals surface area contributed by atoms with Crippen LogP contribution in [0.1, 0.15) is 13.8 Å². The Morgan fingerprint density at radius 1 is 1.00 bits per heavy atom. The van der Waals surface area contributed by atoms with Crippen molar-refractivity contribution < 1.29 is 24.6 Å². The molecule has 0 bridgehead atoms. The van der Waals surface area contributed by atoms with E-state index in [1.54, 1.807) is 0 Å². The van der Waals surface area contributed by atoms with E-state index in [4.69, 9.17) is 9.90 Å². The van der Waals surface area contributed by atoms with E-state index in [2.05, 4.69) is 0 Å². The number of rotatable bonds is 1. The fourth-order valence-electron chi connectivity index (χ4n) is 0. The van der Waals surface area contributed by atoms with Gasteiger partial charge in [-0.15, -0.1) is 0 Å². The molecular weight excluding hydrogens is 180 g/mol. The third kappa shape index (κ3) is 40.8. The van der Waals surface area contributed by atoms with E-state index >= 15 is 0 Å². The molecule has 0 aromatic carbocycles. The van der Waals surface area contributed by atoms with Crippen molar-refractivity contribution in [2.24, 2.45) is 0 Å². The fraction of sp³-hybridized carbons (Fsp3) is 0.400. The summed E-state index contributed by atoms with van der Waals surface area (Å²) in [5, 5.41) is 18.1. The van der Waals surface area contributed by atoms with Gasteiger partial charge in [-0.1, -0.05) is 0 Å². The van der Waals surface area contributed by atoms with Crippen molar-refractivity contribution in [1.82, 2.24) is 0 Å². The largest absolute Gasteiger partial charge is 2.00 e. The number of carbonyl (C=O) groups excluding carboxylic acids is 3. The molecule has 0 spiro atoms. The molecule has 0 fully saturated rings. The van der Waals surface area contributed by atoms with Gasteiger partial charge >= 0.3 is 37.7 Å². The summed E-state index contributed by atoms with van der Waals surface area (Å²) in [5.74, 6) is -3.65. The topological polar surface area (TPSA) is 97.3 Å². The van der Waals surface area contributed by atoms with Crippen LogP contribution in [0, 0.1) is 0 Å².